The molecule has 0 saturated carbocycles. The molecule has 0 aliphatic rings. The van der Waals surface area contributed by atoms with Crippen molar-refractivity contribution in [1.82, 2.24) is 10.2 Å². The Morgan fingerprint density at radius 1 is 1.06 bits per heavy atom. The fourth-order valence-corrected chi connectivity index (χ4v) is 1.70. The Morgan fingerprint density at radius 3 is 2.47 bits per heavy atom. The summed E-state index contributed by atoms with van der Waals surface area (Å²) in [6, 6.07) is 9.24. The highest BCUT2D eigenvalue weighted by atomic mass is 35.5. The summed E-state index contributed by atoms with van der Waals surface area (Å²) in [6.45, 7) is 0. The molecule has 88 valence electrons. The van der Waals surface area contributed by atoms with E-state index in [0.29, 0.717) is 16.6 Å². The Kier molecular flexibility index (Phi) is 3.44. The van der Waals surface area contributed by atoms with E-state index in [1.165, 1.54) is 7.11 Å². The third kappa shape index (κ3) is 2.31. The molecule has 17 heavy (non-hydrogen) atoms. The van der Waals surface area contributed by atoms with E-state index >= 15 is 0 Å². The first-order valence-electron chi connectivity index (χ1n) is 4.97. The minimum absolute atomic E-state index is 0.310. The maximum absolute atomic E-state index is 6.01. The first kappa shape index (κ1) is 11.7. The second kappa shape index (κ2) is 5.01. The highest BCUT2D eigenvalue weighted by Crippen LogP contribution is 2.31. The number of hydrogen-bond acceptors (Lipinski definition) is 4. The van der Waals surface area contributed by atoms with Gasteiger partial charge >= 0.3 is 0 Å². The van der Waals surface area contributed by atoms with Gasteiger partial charge in [-0.15, -0.1) is 10.2 Å². The summed E-state index contributed by atoms with van der Waals surface area (Å²) in [6.07, 6.45) is 0. The lowest BCUT2D eigenvalue weighted by molar-refractivity contribution is 0.392. The SMILES string of the molecule is COc1ccccc1-c1cc(Cl)c(OC)nn1. The largest absolute Gasteiger partial charge is 0.496 e. The number of aromatic nitrogens is 2. The Hall–Kier alpha value is -1.81. The second-order valence-corrected chi connectivity index (χ2v) is 3.69. The van der Waals surface area contributed by atoms with Gasteiger partial charge in [0.2, 0.25) is 0 Å². The maximum Gasteiger partial charge on any atom is 0.252 e. The van der Waals surface area contributed by atoms with Crippen LogP contribution in [-0.2, 0) is 0 Å². The molecule has 0 aliphatic carbocycles. The molecule has 0 amide bonds. The molecule has 0 saturated heterocycles. The fraction of sp³-hybridized carbons (Fsp3) is 0.167. The average Bonchev–Trinajstić information content (AvgIpc) is 2.38. The van der Waals surface area contributed by atoms with Crippen LogP contribution in [0, 0.1) is 0 Å². The minimum Gasteiger partial charge on any atom is -0.496 e. The predicted octanol–water partition coefficient (Wildman–Crippen LogP) is 2.81. The van der Waals surface area contributed by atoms with Gasteiger partial charge in [-0.05, 0) is 18.2 Å². The van der Waals surface area contributed by atoms with Crippen molar-refractivity contribution in [3.8, 4) is 22.9 Å². The van der Waals surface area contributed by atoms with Gasteiger partial charge in [-0.25, -0.2) is 0 Å². The van der Waals surface area contributed by atoms with Gasteiger partial charge in [0.1, 0.15) is 10.8 Å². The number of ether oxygens (including phenoxy) is 2. The molecule has 5 heteroatoms. The zero-order valence-electron chi connectivity index (χ0n) is 9.48. The van der Waals surface area contributed by atoms with E-state index in [4.69, 9.17) is 21.1 Å². The number of benzene rings is 1. The molecular weight excluding hydrogens is 240 g/mol. The van der Waals surface area contributed by atoms with Crippen LogP contribution >= 0.6 is 11.6 Å². The van der Waals surface area contributed by atoms with Gasteiger partial charge in [0.25, 0.3) is 5.88 Å². The summed E-state index contributed by atoms with van der Waals surface area (Å²) in [5.41, 5.74) is 1.49. The van der Waals surface area contributed by atoms with Crippen LogP contribution in [0.3, 0.4) is 0 Å². The van der Waals surface area contributed by atoms with Crippen LogP contribution in [0.15, 0.2) is 30.3 Å². The molecule has 4 nitrogen and oxygen atoms in total. The Bertz CT molecular complexity index is 532. The average molecular weight is 251 g/mol. The van der Waals surface area contributed by atoms with Crippen LogP contribution < -0.4 is 9.47 Å². The van der Waals surface area contributed by atoms with Crippen molar-refractivity contribution in [1.29, 1.82) is 0 Å². The third-order valence-corrected chi connectivity index (χ3v) is 2.56. The smallest absolute Gasteiger partial charge is 0.252 e. The van der Waals surface area contributed by atoms with E-state index in [0.717, 1.165) is 11.3 Å². The van der Waals surface area contributed by atoms with Crippen molar-refractivity contribution in [3.63, 3.8) is 0 Å². The summed E-state index contributed by atoms with van der Waals surface area (Å²) < 4.78 is 10.2. The fourth-order valence-electron chi connectivity index (χ4n) is 1.48. The molecule has 2 rings (SSSR count). The summed E-state index contributed by atoms with van der Waals surface area (Å²) >= 11 is 6.01. The van der Waals surface area contributed by atoms with Gasteiger partial charge in [-0.2, -0.15) is 0 Å². The normalized spacial score (nSPS) is 10.1. The molecule has 0 radical (unpaired) electrons. The van der Waals surface area contributed by atoms with Gasteiger partial charge in [0.05, 0.1) is 19.9 Å². The van der Waals surface area contributed by atoms with Gasteiger partial charge in [-0.3, -0.25) is 0 Å². The summed E-state index contributed by atoms with van der Waals surface area (Å²) in [5.74, 6) is 1.04. The van der Waals surface area contributed by atoms with Crippen molar-refractivity contribution in [2.75, 3.05) is 14.2 Å². The molecule has 0 aliphatic heterocycles. The van der Waals surface area contributed by atoms with Crippen LogP contribution in [0.5, 0.6) is 11.6 Å². The van der Waals surface area contributed by atoms with Crippen molar-refractivity contribution in [3.05, 3.63) is 35.4 Å². The van der Waals surface area contributed by atoms with Crippen LogP contribution in [0.1, 0.15) is 0 Å². The Morgan fingerprint density at radius 2 is 1.82 bits per heavy atom. The van der Waals surface area contributed by atoms with Crippen molar-refractivity contribution in [2.24, 2.45) is 0 Å². The second-order valence-electron chi connectivity index (χ2n) is 3.29. The molecule has 0 N–H and O–H groups in total. The third-order valence-electron chi connectivity index (χ3n) is 2.29. The molecule has 0 atom stereocenters. The lowest BCUT2D eigenvalue weighted by atomic mass is 10.1. The van der Waals surface area contributed by atoms with E-state index in [-0.39, 0.29) is 0 Å². The molecular formula is C12H11ClN2O2. The van der Waals surface area contributed by atoms with Crippen molar-refractivity contribution >= 4 is 11.6 Å². The Labute approximate surface area is 104 Å². The molecule has 0 spiro atoms. The monoisotopic (exact) mass is 250 g/mol. The van der Waals surface area contributed by atoms with E-state index in [1.54, 1.807) is 13.2 Å². The Balaban J connectivity index is 2.49. The maximum atomic E-state index is 6.01. The summed E-state index contributed by atoms with van der Waals surface area (Å²) in [4.78, 5) is 0. The highest BCUT2D eigenvalue weighted by molar-refractivity contribution is 6.32. The number of halogens is 1. The van der Waals surface area contributed by atoms with E-state index in [2.05, 4.69) is 10.2 Å². The molecule has 0 unspecified atom stereocenters. The molecule has 1 heterocycles. The van der Waals surface area contributed by atoms with Crippen molar-refractivity contribution < 1.29 is 9.47 Å². The van der Waals surface area contributed by atoms with Crippen LogP contribution in [0.25, 0.3) is 11.3 Å². The number of methoxy groups -OCH3 is 2. The zero-order chi connectivity index (χ0) is 12.3. The van der Waals surface area contributed by atoms with E-state index < -0.39 is 0 Å². The number of nitrogens with zero attached hydrogens (tertiary/aromatic N) is 2. The minimum atomic E-state index is 0.310. The van der Waals surface area contributed by atoms with Crippen LogP contribution in [0.4, 0.5) is 0 Å². The van der Waals surface area contributed by atoms with Crippen LogP contribution in [-0.4, -0.2) is 24.4 Å². The standard InChI is InChI=1S/C12H11ClN2O2/c1-16-11-6-4-3-5-8(11)10-7-9(13)12(17-2)15-14-10/h3-7H,1-2H3. The van der Waals surface area contributed by atoms with Gasteiger partial charge in [0, 0.05) is 5.56 Å². The van der Waals surface area contributed by atoms with E-state index in [9.17, 15) is 0 Å². The molecule has 1 aromatic carbocycles. The molecule has 2 aromatic rings. The van der Waals surface area contributed by atoms with Gasteiger partial charge in [-0.1, -0.05) is 23.7 Å². The molecule has 1 aromatic heterocycles. The molecule has 0 bridgehead atoms. The first-order chi connectivity index (χ1) is 8.26. The summed E-state index contributed by atoms with van der Waals surface area (Å²) in [5, 5.41) is 8.36. The topological polar surface area (TPSA) is 44.2 Å². The number of hydrogen-bond donors (Lipinski definition) is 0. The molecule has 0 fully saturated rings. The quantitative estimate of drug-likeness (QED) is 0.840. The highest BCUT2D eigenvalue weighted by Gasteiger charge is 2.10. The van der Waals surface area contributed by atoms with Crippen LogP contribution in [0.2, 0.25) is 5.02 Å². The lowest BCUT2D eigenvalue weighted by Crippen LogP contribution is -1.95. The van der Waals surface area contributed by atoms with E-state index in [1.807, 2.05) is 24.3 Å². The summed E-state index contributed by atoms with van der Waals surface area (Å²) in [7, 11) is 3.11. The number of rotatable bonds is 3. The zero-order valence-corrected chi connectivity index (χ0v) is 10.2. The lowest BCUT2D eigenvalue weighted by Gasteiger charge is -2.08. The predicted molar refractivity (Wildman–Crippen MR) is 65.6 cm³/mol. The number of para-hydroxylation sites is 1. The van der Waals surface area contributed by atoms with Crippen molar-refractivity contribution in [2.45, 2.75) is 0 Å². The van der Waals surface area contributed by atoms with Gasteiger partial charge in [0.15, 0.2) is 0 Å². The van der Waals surface area contributed by atoms with Gasteiger partial charge < -0.3 is 9.47 Å². The first-order valence-corrected chi connectivity index (χ1v) is 5.34.